The van der Waals surface area contributed by atoms with Crippen molar-refractivity contribution in [1.82, 2.24) is 19.7 Å². The summed E-state index contributed by atoms with van der Waals surface area (Å²) >= 11 is 2.49. The average molecular weight is 494 g/mol. The molecular formula is C21H24FN5O4S2. The highest BCUT2D eigenvalue weighted by Crippen LogP contribution is 2.25. The third-order valence-corrected chi connectivity index (χ3v) is 6.09. The van der Waals surface area contributed by atoms with E-state index in [1.807, 2.05) is 18.4 Å². The maximum Gasteiger partial charge on any atom is 0.311 e. The van der Waals surface area contributed by atoms with Gasteiger partial charge in [-0.15, -0.1) is 21.5 Å². The molecule has 3 aromatic rings. The van der Waals surface area contributed by atoms with Crippen molar-refractivity contribution in [1.29, 1.82) is 0 Å². The number of thioether (sulfide) groups is 1. The number of carbonyl (C=O) groups excluding carboxylic acids is 2. The number of nitrogens with one attached hydrogen (secondary N) is 1. The smallest absolute Gasteiger partial charge is 0.311 e. The minimum Gasteiger partial charge on any atom is -0.483 e. The van der Waals surface area contributed by atoms with Crippen molar-refractivity contribution in [2.75, 3.05) is 17.7 Å². The third-order valence-electron chi connectivity index (χ3n) is 4.31. The van der Waals surface area contributed by atoms with Gasteiger partial charge in [-0.25, -0.2) is 9.37 Å². The third kappa shape index (κ3) is 6.99. The predicted molar refractivity (Wildman–Crippen MR) is 123 cm³/mol. The van der Waals surface area contributed by atoms with Gasteiger partial charge >= 0.3 is 5.97 Å². The van der Waals surface area contributed by atoms with E-state index in [0.717, 1.165) is 0 Å². The number of benzene rings is 1. The number of esters is 1. The Morgan fingerprint density at radius 1 is 1.24 bits per heavy atom. The molecule has 12 heteroatoms. The van der Waals surface area contributed by atoms with Crippen LogP contribution >= 0.6 is 23.1 Å². The molecule has 0 spiro atoms. The van der Waals surface area contributed by atoms with Crippen molar-refractivity contribution in [2.24, 2.45) is 0 Å². The van der Waals surface area contributed by atoms with E-state index in [9.17, 15) is 14.0 Å². The van der Waals surface area contributed by atoms with Gasteiger partial charge in [0.25, 0.3) is 0 Å². The molecular weight excluding hydrogens is 469 g/mol. The highest BCUT2D eigenvalue weighted by atomic mass is 32.2. The Kier molecular flexibility index (Phi) is 8.78. The van der Waals surface area contributed by atoms with Crippen molar-refractivity contribution in [3.63, 3.8) is 0 Å². The van der Waals surface area contributed by atoms with E-state index >= 15 is 0 Å². The van der Waals surface area contributed by atoms with Gasteiger partial charge in [0.05, 0.1) is 24.5 Å². The summed E-state index contributed by atoms with van der Waals surface area (Å²) in [4.78, 5) is 28.1. The molecule has 1 N–H and O–H groups in total. The second-order valence-electron chi connectivity index (χ2n) is 6.76. The van der Waals surface area contributed by atoms with Crippen LogP contribution in [-0.4, -0.2) is 44.0 Å². The van der Waals surface area contributed by atoms with Gasteiger partial charge in [-0.1, -0.05) is 11.8 Å². The second-order valence-corrected chi connectivity index (χ2v) is 8.56. The van der Waals surface area contributed by atoms with Gasteiger partial charge in [-0.05, 0) is 45.0 Å². The van der Waals surface area contributed by atoms with Crippen LogP contribution < -0.4 is 10.1 Å². The van der Waals surface area contributed by atoms with Crippen LogP contribution in [0, 0.1) is 5.82 Å². The van der Waals surface area contributed by atoms with Gasteiger partial charge in [0, 0.05) is 11.9 Å². The minimum atomic E-state index is -0.417. The first-order valence-electron chi connectivity index (χ1n) is 10.3. The maximum atomic E-state index is 13.1. The monoisotopic (exact) mass is 493 g/mol. The molecule has 176 valence electrons. The fraction of sp³-hybridized carbons (Fsp3) is 0.381. The predicted octanol–water partition coefficient (Wildman–Crippen LogP) is 3.87. The zero-order valence-electron chi connectivity index (χ0n) is 18.4. The molecule has 2 heterocycles. The number of ether oxygens (including phenoxy) is 2. The van der Waals surface area contributed by atoms with E-state index < -0.39 is 6.10 Å². The maximum absolute atomic E-state index is 13.1. The molecule has 1 atom stereocenters. The van der Waals surface area contributed by atoms with Gasteiger partial charge in [-0.2, -0.15) is 0 Å². The fourth-order valence-corrected chi connectivity index (χ4v) is 4.40. The Hall–Kier alpha value is -2.99. The van der Waals surface area contributed by atoms with E-state index in [0.29, 0.717) is 40.7 Å². The van der Waals surface area contributed by atoms with Crippen molar-refractivity contribution in [2.45, 2.75) is 45.0 Å². The Bertz CT molecular complexity index is 1090. The summed E-state index contributed by atoms with van der Waals surface area (Å²) in [6.07, 6.45) is -0.352. The molecule has 1 aromatic carbocycles. The molecule has 0 aliphatic carbocycles. The molecule has 0 saturated carbocycles. The molecule has 1 amide bonds. The lowest BCUT2D eigenvalue weighted by molar-refractivity contribution is -0.142. The SMILES string of the molecule is CCOC(=O)Cc1csc(NC(=O)CSc2nnc(C(C)Oc3ccc(F)cc3)n2CC)n1. The highest BCUT2D eigenvalue weighted by molar-refractivity contribution is 7.99. The Morgan fingerprint density at radius 2 is 2.00 bits per heavy atom. The summed E-state index contributed by atoms with van der Waals surface area (Å²) in [6, 6.07) is 5.76. The molecule has 1 unspecified atom stereocenters. The second kappa shape index (κ2) is 11.8. The Labute approximate surface area is 198 Å². The topological polar surface area (TPSA) is 108 Å². The number of amides is 1. The summed E-state index contributed by atoms with van der Waals surface area (Å²) < 4.78 is 25.7. The average Bonchev–Trinajstić information content (AvgIpc) is 3.40. The van der Waals surface area contributed by atoms with E-state index in [2.05, 4.69) is 20.5 Å². The van der Waals surface area contributed by atoms with Gasteiger partial charge in [-0.3, -0.25) is 9.59 Å². The van der Waals surface area contributed by atoms with Crippen LogP contribution in [0.25, 0.3) is 0 Å². The van der Waals surface area contributed by atoms with Crippen LogP contribution in [0.3, 0.4) is 0 Å². The summed E-state index contributed by atoms with van der Waals surface area (Å²) in [7, 11) is 0. The molecule has 0 aliphatic heterocycles. The van der Waals surface area contributed by atoms with E-state index in [4.69, 9.17) is 9.47 Å². The summed E-state index contributed by atoms with van der Waals surface area (Å²) in [5, 5.41) is 13.8. The van der Waals surface area contributed by atoms with Crippen molar-refractivity contribution < 1.29 is 23.5 Å². The summed E-state index contributed by atoms with van der Waals surface area (Å²) in [5.41, 5.74) is 0.548. The van der Waals surface area contributed by atoms with Crippen LogP contribution in [0.5, 0.6) is 5.75 Å². The normalized spacial score (nSPS) is 11.8. The number of nitrogens with zero attached hydrogens (tertiary/aromatic N) is 4. The van der Waals surface area contributed by atoms with Crippen LogP contribution in [0.4, 0.5) is 9.52 Å². The van der Waals surface area contributed by atoms with Crippen LogP contribution in [0.2, 0.25) is 0 Å². The van der Waals surface area contributed by atoms with Crippen molar-refractivity contribution in [3.05, 3.63) is 47.0 Å². The summed E-state index contributed by atoms with van der Waals surface area (Å²) in [5.74, 6) is 0.292. The molecule has 0 saturated heterocycles. The largest absolute Gasteiger partial charge is 0.483 e. The number of aromatic nitrogens is 4. The van der Waals surface area contributed by atoms with Gasteiger partial charge in [0.15, 0.2) is 22.2 Å². The number of carbonyl (C=O) groups is 2. The van der Waals surface area contributed by atoms with Gasteiger partial charge in [0.1, 0.15) is 11.6 Å². The van der Waals surface area contributed by atoms with E-state index in [1.54, 1.807) is 24.4 Å². The molecule has 0 bridgehead atoms. The zero-order valence-corrected chi connectivity index (χ0v) is 20.0. The number of halogens is 1. The van der Waals surface area contributed by atoms with Crippen LogP contribution in [0.1, 0.15) is 38.4 Å². The number of thiazole rings is 1. The highest BCUT2D eigenvalue weighted by Gasteiger charge is 2.20. The lowest BCUT2D eigenvalue weighted by atomic mass is 10.3. The van der Waals surface area contributed by atoms with E-state index in [1.165, 1.54) is 35.2 Å². The Balaban J connectivity index is 1.55. The van der Waals surface area contributed by atoms with Crippen molar-refractivity contribution in [3.8, 4) is 5.75 Å². The molecule has 2 aromatic heterocycles. The number of anilines is 1. The lowest BCUT2D eigenvalue weighted by Gasteiger charge is -2.15. The molecule has 0 fully saturated rings. The number of hydrogen-bond acceptors (Lipinski definition) is 9. The quantitative estimate of drug-likeness (QED) is 0.317. The first kappa shape index (κ1) is 24.6. The first-order chi connectivity index (χ1) is 15.9. The van der Waals surface area contributed by atoms with Gasteiger partial charge in [0.2, 0.25) is 5.91 Å². The van der Waals surface area contributed by atoms with Crippen molar-refractivity contribution >= 4 is 40.1 Å². The summed E-state index contributed by atoms with van der Waals surface area (Å²) in [6.45, 7) is 6.42. The number of rotatable bonds is 11. The van der Waals surface area contributed by atoms with Gasteiger partial charge < -0.3 is 19.4 Å². The molecule has 3 rings (SSSR count). The lowest BCUT2D eigenvalue weighted by Crippen LogP contribution is -2.15. The van der Waals surface area contributed by atoms with E-state index in [-0.39, 0.29) is 29.9 Å². The molecule has 33 heavy (non-hydrogen) atoms. The standard InChI is InChI=1S/C21H24FN5O4S2/c1-4-27-19(13(3)31-16-8-6-14(22)7-9-16)25-26-21(27)33-12-17(28)24-20-23-15(11-32-20)10-18(29)30-5-2/h6-9,11,13H,4-5,10,12H2,1-3H3,(H,23,24,28). The fourth-order valence-electron chi connectivity index (χ4n) is 2.87. The van der Waals surface area contributed by atoms with Crippen LogP contribution in [0.15, 0.2) is 34.8 Å². The Morgan fingerprint density at radius 3 is 2.70 bits per heavy atom. The minimum absolute atomic E-state index is 0.0650. The molecule has 9 nitrogen and oxygen atoms in total. The molecule has 0 aliphatic rings. The molecule has 0 radical (unpaired) electrons. The first-order valence-corrected chi connectivity index (χ1v) is 12.1. The number of hydrogen-bond donors (Lipinski definition) is 1. The zero-order chi connectivity index (χ0) is 23.8. The van der Waals surface area contributed by atoms with Crippen LogP contribution in [-0.2, 0) is 27.3 Å².